The molecule has 3 saturated heterocycles. The minimum Gasteiger partial charge on any atom is -0.303 e. The van der Waals surface area contributed by atoms with Crippen LogP contribution in [-0.4, -0.2) is 78.8 Å². The second kappa shape index (κ2) is 7.81. The highest BCUT2D eigenvalue weighted by atomic mass is 19.1. The average Bonchev–Trinajstić information content (AvgIpc) is 3.34. The van der Waals surface area contributed by atoms with Crippen LogP contribution in [0, 0.1) is 16.7 Å². The Kier molecular flexibility index (Phi) is 5.88. The summed E-state index contributed by atoms with van der Waals surface area (Å²) in [4.78, 5) is 7.61. The smallest absolute Gasteiger partial charge is 0.126 e. The van der Waals surface area contributed by atoms with Crippen LogP contribution in [0.4, 0.5) is 4.39 Å². The van der Waals surface area contributed by atoms with E-state index in [1.165, 1.54) is 51.7 Å². The van der Waals surface area contributed by atoms with Gasteiger partial charge < -0.3 is 9.80 Å². The molecule has 4 rings (SSSR count). The predicted molar refractivity (Wildman–Crippen MR) is 115 cm³/mol. The lowest BCUT2D eigenvalue weighted by Crippen LogP contribution is -2.63. The fraction of sp³-hybridized carbons (Fsp3) is 1.00. The van der Waals surface area contributed by atoms with Gasteiger partial charge in [0.1, 0.15) is 5.67 Å². The third-order valence-corrected chi connectivity index (χ3v) is 8.32. The molecule has 1 saturated carbocycles. The van der Waals surface area contributed by atoms with Crippen LogP contribution < -0.4 is 0 Å². The molecular weight excluding hydrogens is 349 g/mol. The zero-order valence-electron chi connectivity index (χ0n) is 19.0. The van der Waals surface area contributed by atoms with Gasteiger partial charge in [0.05, 0.1) is 0 Å². The van der Waals surface area contributed by atoms with Gasteiger partial charge in [0, 0.05) is 45.3 Å². The highest BCUT2D eigenvalue weighted by Gasteiger charge is 2.49. The van der Waals surface area contributed by atoms with Crippen molar-refractivity contribution in [2.75, 3.05) is 52.4 Å². The molecule has 0 amide bonds. The summed E-state index contributed by atoms with van der Waals surface area (Å²) >= 11 is 0. The lowest BCUT2D eigenvalue weighted by atomic mass is 9.71. The van der Waals surface area contributed by atoms with Gasteiger partial charge in [0.25, 0.3) is 0 Å². The molecule has 28 heavy (non-hydrogen) atoms. The third-order valence-electron chi connectivity index (χ3n) is 8.32. The Bertz CT molecular complexity index is 518. The molecule has 3 heterocycles. The van der Waals surface area contributed by atoms with Crippen molar-refractivity contribution in [3.63, 3.8) is 0 Å². The number of nitrogens with zero attached hydrogens (tertiary/aromatic N) is 3. The first-order valence-corrected chi connectivity index (χ1v) is 12.1. The molecule has 4 aliphatic rings. The monoisotopic (exact) mass is 393 g/mol. The first-order valence-electron chi connectivity index (χ1n) is 12.1. The van der Waals surface area contributed by atoms with Gasteiger partial charge in [-0.1, -0.05) is 13.8 Å². The van der Waals surface area contributed by atoms with E-state index in [1.807, 2.05) is 0 Å². The molecular formula is C24H44FN3. The lowest BCUT2D eigenvalue weighted by molar-refractivity contribution is -0.0841. The standard InChI is InChI=1S/C24H44FN3/c1-20(2)15-22(5-6-22)16-26-11-9-24(25,10-12-26)19-27-17-23(18-27)7-13-28(14-8-23)21(3)4/h20-21H,5-19H2,1-4H3. The molecule has 162 valence electrons. The van der Waals surface area contributed by atoms with Crippen molar-refractivity contribution in [1.29, 1.82) is 0 Å². The van der Waals surface area contributed by atoms with Crippen molar-refractivity contribution in [1.82, 2.24) is 14.7 Å². The quantitative estimate of drug-likeness (QED) is 0.634. The number of piperidine rings is 2. The fourth-order valence-electron chi connectivity index (χ4n) is 6.46. The van der Waals surface area contributed by atoms with Crippen molar-refractivity contribution < 1.29 is 4.39 Å². The molecule has 0 aromatic rings. The van der Waals surface area contributed by atoms with Crippen LogP contribution in [0.1, 0.15) is 72.6 Å². The molecule has 0 N–H and O–H groups in total. The van der Waals surface area contributed by atoms with E-state index in [0.29, 0.717) is 23.4 Å². The van der Waals surface area contributed by atoms with E-state index < -0.39 is 5.67 Å². The third kappa shape index (κ3) is 4.75. The SMILES string of the molecule is CC(C)CC1(CN2CCC(F)(CN3CC4(CCN(C(C)C)CC4)C3)CC2)CC1. The van der Waals surface area contributed by atoms with Crippen molar-refractivity contribution in [2.45, 2.75) is 84.4 Å². The summed E-state index contributed by atoms with van der Waals surface area (Å²) in [6.07, 6.45) is 8.26. The second-order valence-electron chi connectivity index (χ2n) is 11.8. The van der Waals surface area contributed by atoms with Gasteiger partial charge in [-0.15, -0.1) is 0 Å². The first kappa shape index (κ1) is 21.1. The van der Waals surface area contributed by atoms with Crippen LogP contribution in [0.2, 0.25) is 0 Å². The minimum absolute atomic E-state index is 0.512. The molecule has 0 aromatic carbocycles. The molecule has 1 spiro atoms. The average molecular weight is 394 g/mol. The maximum absolute atomic E-state index is 15.5. The van der Waals surface area contributed by atoms with Crippen LogP contribution in [0.3, 0.4) is 0 Å². The minimum atomic E-state index is -0.939. The zero-order valence-corrected chi connectivity index (χ0v) is 19.0. The molecule has 4 heteroatoms. The van der Waals surface area contributed by atoms with Gasteiger partial charge in [0.2, 0.25) is 0 Å². The number of alkyl halides is 1. The molecule has 1 aliphatic carbocycles. The van der Waals surface area contributed by atoms with Gasteiger partial charge in [-0.05, 0) is 88.6 Å². The van der Waals surface area contributed by atoms with Crippen LogP contribution in [0.15, 0.2) is 0 Å². The Hall–Kier alpha value is -0.190. The summed E-state index contributed by atoms with van der Waals surface area (Å²) in [7, 11) is 0. The van der Waals surface area contributed by atoms with Gasteiger partial charge >= 0.3 is 0 Å². The number of hydrogen-bond acceptors (Lipinski definition) is 3. The highest BCUT2D eigenvalue weighted by molar-refractivity contribution is 5.02. The van der Waals surface area contributed by atoms with E-state index >= 15 is 4.39 Å². The highest BCUT2D eigenvalue weighted by Crippen LogP contribution is 2.51. The Morgan fingerprint density at radius 3 is 1.86 bits per heavy atom. The van der Waals surface area contributed by atoms with Crippen LogP contribution in [-0.2, 0) is 0 Å². The molecule has 0 aromatic heterocycles. The van der Waals surface area contributed by atoms with Crippen molar-refractivity contribution >= 4 is 0 Å². The Labute approximate surface area is 173 Å². The van der Waals surface area contributed by atoms with Crippen molar-refractivity contribution in [2.24, 2.45) is 16.7 Å². The summed E-state index contributed by atoms with van der Waals surface area (Å²) in [6, 6.07) is 0.670. The van der Waals surface area contributed by atoms with E-state index in [0.717, 1.165) is 44.9 Å². The fourth-order valence-corrected chi connectivity index (χ4v) is 6.46. The summed E-state index contributed by atoms with van der Waals surface area (Å²) in [5.41, 5.74) is 0.155. The van der Waals surface area contributed by atoms with Crippen molar-refractivity contribution in [3.8, 4) is 0 Å². The summed E-state index contributed by atoms with van der Waals surface area (Å²) in [5, 5.41) is 0. The van der Waals surface area contributed by atoms with E-state index in [2.05, 4.69) is 42.4 Å². The zero-order chi connectivity index (χ0) is 20.0. The maximum atomic E-state index is 15.5. The molecule has 4 fully saturated rings. The van der Waals surface area contributed by atoms with Crippen LogP contribution >= 0.6 is 0 Å². The normalized spacial score (nSPS) is 30.1. The Morgan fingerprint density at radius 2 is 1.36 bits per heavy atom. The molecule has 0 radical (unpaired) electrons. The van der Waals surface area contributed by atoms with Crippen molar-refractivity contribution in [3.05, 3.63) is 0 Å². The Morgan fingerprint density at radius 1 is 0.750 bits per heavy atom. The van der Waals surface area contributed by atoms with Gasteiger partial charge in [-0.2, -0.15) is 0 Å². The largest absolute Gasteiger partial charge is 0.303 e. The topological polar surface area (TPSA) is 9.72 Å². The Balaban J connectivity index is 1.18. The summed E-state index contributed by atoms with van der Waals surface area (Å²) in [5.74, 6) is 0.790. The molecule has 0 unspecified atom stereocenters. The van der Waals surface area contributed by atoms with Gasteiger partial charge in [-0.3, -0.25) is 4.90 Å². The number of likely N-dealkylation sites (tertiary alicyclic amines) is 3. The summed E-state index contributed by atoms with van der Waals surface area (Å²) in [6.45, 7) is 17.9. The maximum Gasteiger partial charge on any atom is 0.126 e. The summed E-state index contributed by atoms with van der Waals surface area (Å²) < 4.78 is 15.5. The molecule has 3 nitrogen and oxygen atoms in total. The number of hydrogen-bond donors (Lipinski definition) is 0. The number of halogens is 1. The molecule has 0 bridgehead atoms. The van der Waals surface area contributed by atoms with Gasteiger partial charge in [0.15, 0.2) is 0 Å². The van der Waals surface area contributed by atoms with E-state index in [4.69, 9.17) is 0 Å². The predicted octanol–water partition coefficient (Wildman–Crippen LogP) is 4.42. The lowest BCUT2D eigenvalue weighted by Gasteiger charge is -2.56. The van der Waals surface area contributed by atoms with Crippen LogP contribution in [0.5, 0.6) is 0 Å². The van der Waals surface area contributed by atoms with E-state index in [9.17, 15) is 0 Å². The first-order chi connectivity index (χ1) is 13.2. The van der Waals surface area contributed by atoms with E-state index in [1.54, 1.807) is 0 Å². The second-order valence-corrected chi connectivity index (χ2v) is 11.8. The van der Waals surface area contributed by atoms with Gasteiger partial charge in [-0.25, -0.2) is 4.39 Å². The van der Waals surface area contributed by atoms with E-state index in [-0.39, 0.29) is 0 Å². The molecule has 3 aliphatic heterocycles. The number of rotatable bonds is 7. The van der Waals surface area contributed by atoms with Crippen LogP contribution in [0.25, 0.3) is 0 Å². The molecule has 0 atom stereocenters.